The van der Waals surface area contributed by atoms with Crippen molar-refractivity contribution in [1.82, 2.24) is 37.5 Å². The second-order valence-electron chi connectivity index (χ2n) is 12.9. The zero-order valence-corrected chi connectivity index (χ0v) is 29.5. The topological polar surface area (TPSA) is 62.3 Å². The Morgan fingerprint density at radius 2 is 0.981 bits per heavy atom. The third-order valence-corrected chi connectivity index (χ3v) is 10.1. The van der Waals surface area contributed by atoms with Gasteiger partial charge in [0, 0.05) is 11.7 Å². The van der Waals surface area contributed by atoms with Gasteiger partial charge in [0.15, 0.2) is 5.65 Å². The summed E-state index contributed by atoms with van der Waals surface area (Å²) in [5.74, 6) is 1.65. The fourth-order valence-corrected chi connectivity index (χ4v) is 8.03. The number of aromatic nitrogens is 8. The number of benzene rings is 6. The first-order chi connectivity index (χ1) is 25.3. The summed E-state index contributed by atoms with van der Waals surface area (Å²) < 4.78 is 11.1. The first-order valence-electron chi connectivity index (χ1n) is 16.9. The molecule has 12 rings (SSSR count). The molecule has 0 amide bonds. The van der Waals surface area contributed by atoms with Gasteiger partial charge in [0.05, 0.1) is 38.6 Å². The van der Waals surface area contributed by atoms with Crippen LogP contribution < -0.4 is 0 Å². The molecule has 0 fully saturated rings. The van der Waals surface area contributed by atoms with Crippen LogP contribution in [0.3, 0.4) is 0 Å². The van der Waals surface area contributed by atoms with E-state index in [0.29, 0.717) is 5.65 Å². The molecule has 52 heavy (non-hydrogen) atoms. The fraction of sp³-hybridized carbons (Fsp3) is 0. The summed E-state index contributed by atoms with van der Waals surface area (Å²) in [6.45, 7) is 0. The molecule has 0 saturated heterocycles. The van der Waals surface area contributed by atoms with Gasteiger partial charge in [0.2, 0.25) is 11.6 Å². The summed E-state index contributed by atoms with van der Waals surface area (Å²) in [5.41, 5.74) is 12.8. The second kappa shape index (κ2) is 10.8. The molecule has 0 radical (unpaired) electrons. The van der Waals surface area contributed by atoms with Gasteiger partial charge in [-0.1, -0.05) is 77.2 Å². The molecule has 6 aromatic carbocycles. The average Bonchev–Trinajstić information content (AvgIpc) is 3.97. The van der Waals surface area contributed by atoms with Gasteiger partial charge in [-0.25, -0.2) is 9.97 Å². The van der Waals surface area contributed by atoms with E-state index >= 15 is 0 Å². The number of rotatable bonds is 3. The van der Waals surface area contributed by atoms with E-state index < -0.39 is 0 Å². The molecule has 0 unspecified atom stereocenters. The smallest absolute Gasteiger partial charge is 0.358 e. The van der Waals surface area contributed by atoms with Crippen LogP contribution in [0.2, 0.25) is 0 Å². The van der Waals surface area contributed by atoms with Crippen molar-refractivity contribution in [2.45, 2.75) is 0 Å². The molecule has 0 aliphatic heterocycles. The summed E-state index contributed by atoms with van der Waals surface area (Å²) in [6, 6.07) is 56.1. The summed E-state index contributed by atoms with van der Waals surface area (Å²) in [6.07, 6.45) is 1.79. The molecule has 6 aromatic heterocycles. The van der Waals surface area contributed by atoms with E-state index in [1.165, 1.54) is 0 Å². The summed E-state index contributed by atoms with van der Waals surface area (Å²) >= 11 is 0. The van der Waals surface area contributed by atoms with Crippen LogP contribution in [0.5, 0.6) is 0 Å². The predicted molar refractivity (Wildman–Crippen MR) is 202 cm³/mol. The normalized spacial score (nSPS) is 12.1. The van der Waals surface area contributed by atoms with E-state index in [4.69, 9.17) is 9.97 Å². The van der Waals surface area contributed by atoms with E-state index in [1.807, 2.05) is 12.1 Å². The van der Waals surface area contributed by atoms with Crippen LogP contribution in [0.4, 0.5) is 0 Å². The summed E-state index contributed by atoms with van der Waals surface area (Å²) in [4.78, 5) is 14.7. The van der Waals surface area contributed by atoms with Crippen molar-refractivity contribution in [2.75, 3.05) is 0 Å². The standard InChI is InChI=1S/C43H24N8.Pt/c1-3-15-33-30(13-1)31-23-22-29(49-35-17-5-7-19-37(35)50-34-16-4-2-14-32(34)45-42(49)50)26-40(31)47(33)27-11-9-12-28(25-27)48-36-18-6-8-20-38(36)51-39-21-10-24-44-41(39)46-43(48)51;/h1-24H;/q-2;+2. The second-order valence-corrected chi connectivity index (χ2v) is 12.9. The van der Waals surface area contributed by atoms with Crippen LogP contribution in [0.1, 0.15) is 0 Å². The minimum atomic E-state index is 0. The number of para-hydroxylation sites is 7. The van der Waals surface area contributed by atoms with Crippen LogP contribution >= 0.6 is 0 Å². The molecule has 0 bridgehead atoms. The quantitative estimate of drug-likeness (QED) is 0.167. The number of hydrogen-bond donors (Lipinski definition) is 0. The van der Waals surface area contributed by atoms with Gasteiger partial charge in [-0.15, -0.1) is 35.7 Å². The Morgan fingerprint density at radius 3 is 1.75 bits per heavy atom. The van der Waals surface area contributed by atoms with Crippen molar-refractivity contribution >= 4 is 77.6 Å². The van der Waals surface area contributed by atoms with Crippen LogP contribution in [0.25, 0.3) is 94.7 Å². The first kappa shape index (κ1) is 29.2. The number of fused-ring (bicyclic) bond motifs is 13. The van der Waals surface area contributed by atoms with Crippen molar-refractivity contribution in [3.8, 4) is 17.1 Å². The molecule has 0 spiro atoms. The van der Waals surface area contributed by atoms with E-state index in [9.17, 15) is 0 Å². The third kappa shape index (κ3) is 3.82. The molecule has 0 aliphatic rings. The molecular formula is C43H24N8Pt. The predicted octanol–water partition coefficient (Wildman–Crippen LogP) is 9.27. The van der Waals surface area contributed by atoms with Crippen molar-refractivity contribution in [3.63, 3.8) is 0 Å². The maximum Gasteiger partial charge on any atom is 2.00 e. The summed E-state index contributed by atoms with van der Waals surface area (Å²) in [5, 5.41) is 2.27. The van der Waals surface area contributed by atoms with E-state index in [1.54, 1.807) is 6.20 Å². The fourth-order valence-electron chi connectivity index (χ4n) is 8.03. The summed E-state index contributed by atoms with van der Waals surface area (Å²) in [7, 11) is 0. The molecule has 8 nitrogen and oxygen atoms in total. The van der Waals surface area contributed by atoms with Gasteiger partial charge in [-0.2, -0.15) is 17.1 Å². The van der Waals surface area contributed by atoms with E-state index in [2.05, 4.69) is 167 Å². The number of pyridine rings is 1. The molecule has 6 heterocycles. The van der Waals surface area contributed by atoms with Crippen LogP contribution in [-0.2, 0) is 21.1 Å². The number of imidazole rings is 4. The largest absolute Gasteiger partial charge is 2.00 e. The van der Waals surface area contributed by atoms with Gasteiger partial charge in [-0.3, -0.25) is 8.80 Å². The Hall–Kier alpha value is -6.50. The Bertz CT molecular complexity index is 3390. The molecule has 0 saturated carbocycles. The number of hydrogen-bond acceptors (Lipinski definition) is 3. The van der Waals surface area contributed by atoms with E-state index in [-0.39, 0.29) is 21.1 Å². The third-order valence-electron chi connectivity index (χ3n) is 10.1. The molecule has 0 aliphatic carbocycles. The molecule has 246 valence electrons. The van der Waals surface area contributed by atoms with Gasteiger partial charge in [0.25, 0.3) is 0 Å². The molecule has 9 heteroatoms. The molecule has 12 aromatic rings. The number of nitrogens with zero attached hydrogens (tertiary/aromatic N) is 8. The Labute approximate surface area is 309 Å². The minimum Gasteiger partial charge on any atom is -0.358 e. The Balaban J connectivity index is 0.00000320. The monoisotopic (exact) mass is 847 g/mol. The van der Waals surface area contributed by atoms with Gasteiger partial charge in [-0.05, 0) is 60.0 Å². The van der Waals surface area contributed by atoms with Gasteiger partial charge < -0.3 is 13.7 Å². The maximum atomic E-state index is 5.12. The molecule has 0 N–H and O–H groups in total. The van der Waals surface area contributed by atoms with Crippen molar-refractivity contribution in [2.24, 2.45) is 0 Å². The van der Waals surface area contributed by atoms with Crippen molar-refractivity contribution in [1.29, 1.82) is 0 Å². The van der Waals surface area contributed by atoms with E-state index in [0.717, 1.165) is 89.0 Å². The van der Waals surface area contributed by atoms with Gasteiger partial charge in [0.1, 0.15) is 0 Å². The first-order valence-corrected chi connectivity index (χ1v) is 16.9. The van der Waals surface area contributed by atoms with Gasteiger partial charge >= 0.3 is 21.1 Å². The average molecular weight is 848 g/mol. The van der Waals surface area contributed by atoms with Crippen LogP contribution in [-0.4, -0.2) is 37.5 Å². The molecular weight excluding hydrogens is 824 g/mol. The minimum absolute atomic E-state index is 0. The van der Waals surface area contributed by atoms with Crippen molar-refractivity contribution in [3.05, 3.63) is 158 Å². The zero-order valence-electron chi connectivity index (χ0n) is 27.3. The van der Waals surface area contributed by atoms with Crippen LogP contribution in [0, 0.1) is 12.1 Å². The SMILES string of the molecule is [Pt+2].[c-]1c(-n2c3[c-]c(-n4c5ccccc5n5c6ccccc6nc45)ccc3c3ccccc32)cccc1-n1c2ccccc2n2c3cccnc3nc12. The Morgan fingerprint density at radius 1 is 0.404 bits per heavy atom. The zero-order chi connectivity index (χ0) is 33.2. The van der Waals surface area contributed by atoms with Crippen molar-refractivity contribution < 1.29 is 21.1 Å². The molecule has 0 atom stereocenters. The Kier molecular flexibility index (Phi) is 6.05. The van der Waals surface area contributed by atoms with Crippen LogP contribution in [0.15, 0.2) is 146 Å². The maximum absolute atomic E-state index is 5.12.